The van der Waals surface area contributed by atoms with Gasteiger partial charge < -0.3 is 5.32 Å². The molecule has 0 unspecified atom stereocenters. The average Bonchev–Trinajstić information content (AvgIpc) is 2.14. The highest BCUT2D eigenvalue weighted by Gasteiger charge is 1.98. The summed E-state index contributed by atoms with van der Waals surface area (Å²) in [4.78, 5) is 0. The Morgan fingerprint density at radius 1 is 1.86 bits per heavy atom. The van der Waals surface area contributed by atoms with Crippen molar-refractivity contribution in [1.82, 2.24) is 5.32 Å². The van der Waals surface area contributed by atoms with Crippen LogP contribution in [-0.4, -0.2) is 6.54 Å². The van der Waals surface area contributed by atoms with E-state index in [1.807, 2.05) is 12.5 Å². The van der Waals surface area contributed by atoms with Gasteiger partial charge in [0, 0.05) is 13.0 Å². The number of nitrogens with one attached hydrogen (secondary N) is 1. The fourth-order valence-corrected chi connectivity index (χ4v) is 0.481. The van der Waals surface area contributed by atoms with E-state index in [9.17, 15) is 0 Å². The van der Waals surface area contributed by atoms with Crippen LogP contribution in [-0.2, 0) is 0 Å². The van der Waals surface area contributed by atoms with Crippen molar-refractivity contribution >= 4 is 0 Å². The summed E-state index contributed by atoms with van der Waals surface area (Å²) in [6.45, 7) is 0.808. The highest BCUT2D eigenvalue weighted by atomic mass is 14.9. The van der Waals surface area contributed by atoms with Crippen LogP contribution in [0.1, 0.15) is 0 Å². The third-order valence-corrected chi connectivity index (χ3v) is 0.815. The van der Waals surface area contributed by atoms with E-state index in [2.05, 4.69) is 5.32 Å². The molecular weight excluding hydrogens is 88.1 g/mol. The maximum Gasteiger partial charge on any atom is 0.117 e. The summed E-state index contributed by atoms with van der Waals surface area (Å²) in [6, 6.07) is 1.98. The zero-order chi connectivity index (χ0) is 5.11. The van der Waals surface area contributed by atoms with Gasteiger partial charge in [0.2, 0.25) is 0 Å². The second kappa shape index (κ2) is 1.65. The van der Waals surface area contributed by atoms with Crippen LogP contribution in [0.3, 0.4) is 0 Å². The molecule has 35 valence electrons. The van der Waals surface area contributed by atoms with Crippen molar-refractivity contribution in [2.75, 3.05) is 6.54 Å². The summed E-state index contributed by atoms with van der Waals surface area (Å²) in [7, 11) is 0. The molecule has 2 heteroatoms. The smallest absolute Gasteiger partial charge is 0.117 e. The maximum absolute atomic E-state index is 8.17. The molecule has 2 nitrogen and oxygen atoms in total. The molecule has 0 spiro atoms. The van der Waals surface area contributed by atoms with E-state index in [-0.39, 0.29) is 0 Å². The van der Waals surface area contributed by atoms with Crippen molar-refractivity contribution in [3.63, 3.8) is 0 Å². The van der Waals surface area contributed by atoms with Crippen molar-refractivity contribution in [3.8, 4) is 6.07 Å². The van der Waals surface area contributed by atoms with Crippen LogP contribution in [0.4, 0.5) is 0 Å². The Bertz CT molecular complexity index is 130. The van der Waals surface area contributed by atoms with Gasteiger partial charge in [-0.15, -0.1) is 0 Å². The zero-order valence-corrected chi connectivity index (χ0v) is 3.81. The van der Waals surface area contributed by atoms with Gasteiger partial charge in [-0.25, -0.2) is 0 Å². The van der Waals surface area contributed by atoms with Crippen LogP contribution in [0.5, 0.6) is 0 Å². The van der Waals surface area contributed by atoms with Crippen molar-refractivity contribution in [2.45, 2.75) is 0 Å². The molecule has 1 heterocycles. The Morgan fingerprint density at radius 3 is 3.00 bits per heavy atom. The summed E-state index contributed by atoms with van der Waals surface area (Å²) in [5.74, 6) is 0. The summed E-state index contributed by atoms with van der Waals surface area (Å²) in [5, 5.41) is 11.0. The van der Waals surface area contributed by atoms with Gasteiger partial charge in [-0.2, -0.15) is 5.26 Å². The van der Waals surface area contributed by atoms with E-state index in [1.54, 1.807) is 6.08 Å². The van der Waals surface area contributed by atoms with Crippen LogP contribution >= 0.6 is 0 Å². The Balaban J connectivity index is 2.57. The van der Waals surface area contributed by atoms with Crippen LogP contribution in [0.2, 0.25) is 0 Å². The molecule has 0 atom stereocenters. The van der Waals surface area contributed by atoms with Gasteiger partial charge >= 0.3 is 0 Å². The van der Waals surface area contributed by atoms with Gasteiger partial charge in [-0.05, 0) is 6.08 Å². The lowest BCUT2D eigenvalue weighted by Gasteiger charge is -1.85. The molecule has 7 heavy (non-hydrogen) atoms. The van der Waals surface area contributed by atoms with Crippen LogP contribution < -0.4 is 5.32 Å². The summed E-state index contributed by atoms with van der Waals surface area (Å²) >= 11 is 0. The standard InChI is InChI=1S/C5H5N2/c6-4-5-2-1-3-7-5/h1-2,7H,3H2. The first-order chi connectivity index (χ1) is 3.43. The van der Waals surface area contributed by atoms with Gasteiger partial charge in [0.25, 0.3) is 0 Å². The molecule has 0 aromatic heterocycles. The lowest BCUT2D eigenvalue weighted by atomic mass is 10.4. The van der Waals surface area contributed by atoms with E-state index in [1.165, 1.54) is 0 Å². The van der Waals surface area contributed by atoms with Crippen molar-refractivity contribution in [3.05, 3.63) is 18.2 Å². The van der Waals surface area contributed by atoms with E-state index < -0.39 is 0 Å². The molecule has 0 aromatic rings. The molecule has 0 bridgehead atoms. The Hall–Kier alpha value is -0.970. The van der Waals surface area contributed by atoms with Crippen LogP contribution in [0.25, 0.3) is 0 Å². The predicted molar refractivity (Wildman–Crippen MR) is 26.0 cm³/mol. The SMILES string of the molecule is N#CC1=C[CH]CN1. The minimum Gasteiger partial charge on any atom is -0.376 e. The van der Waals surface area contributed by atoms with Crippen molar-refractivity contribution in [2.24, 2.45) is 0 Å². The van der Waals surface area contributed by atoms with E-state index in [0.29, 0.717) is 5.70 Å². The van der Waals surface area contributed by atoms with E-state index in [4.69, 9.17) is 5.26 Å². The highest BCUT2D eigenvalue weighted by Crippen LogP contribution is 1.95. The zero-order valence-electron chi connectivity index (χ0n) is 3.81. The van der Waals surface area contributed by atoms with Gasteiger partial charge in [0.05, 0.1) is 0 Å². The lowest BCUT2D eigenvalue weighted by molar-refractivity contribution is 0.966. The number of allylic oxidation sites excluding steroid dienone is 1. The number of hydrogen-bond acceptors (Lipinski definition) is 2. The topological polar surface area (TPSA) is 35.8 Å². The van der Waals surface area contributed by atoms with Crippen molar-refractivity contribution < 1.29 is 0 Å². The van der Waals surface area contributed by atoms with E-state index in [0.717, 1.165) is 6.54 Å². The van der Waals surface area contributed by atoms with Gasteiger partial charge in [0.1, 0.15) is 11.8 Å². The number of nitriles is 1. The number of nitrogens with zero attached hydrogens (tertiary/aromatic N) is 1. The summed E-state index contributed by atoms with van der Waals surface area (Å²) < 4.78 is 0. The lowest BCUT2D eigenvalue weighted by Crippen LogP contribution is -2.04. The van der Waals surface area contributed by atoms with Crippen LogP contribution in [0, 0.1) is 17.8 Å². The Labute approximate surface area is 42.4 Å². The first-order valence-electron chi connectivity index (χ1n) is 2.11. The molecule has 1 aliphatic heterocycles. The molecule has 1 rings (SSSR count). The minimum absolute atomic E-state index is 0.667. The first kappa shape index (κ1) is 4.20. The molecular formula is C5H5N2. The molecule has 0 saturated heterocycles. The third-order valence-electron chi connectivity index (χ3n) is 0.815. The van der Waals surface area contributed by atoms with Gasteiger partial charge in [-0.1, -0.05) is 0 Å². The monoisotopic (exact) mass is 93.0 g/mol. The number of hydrogen-bond donors (Lipinski definition) is 1. The second-order valence-corrected chi connectivity index (χ2v) is 1.31. The molecule has 0 amide bonds. The quantitative estimate of drug-likeness (QED) is 0.464. The van der Waals surface area contributed by atoms with E-state index >= 15 is 0 Å². The first-order valence-corrected chi connectivity index (χ1v) is 2.11. The van der Waals surface area contributed by atoms with Crippen LogP contribution in [0.15, 0.2) is 11.8 Å². The fourth-order valence-electron chi connectivity index (χ4n) is 0.481. The maximum atomic E-state index is 8.17. The third kappa shape index (κ3) is 0.716. The minimum atomic E-state index is 0.667. The van der Waals surface area contributed by atoms with Gasteiger partial charge in [-0.3, -0.25) is 0 Å². The molecule has 1 aliphatic rings. The molecule has 1 N–H and O–H groups in total. The predicted octanol–water partition coefficient (Wildman–Crippen LogP) is 0.201. The molecule has 0 aromatic carbocycles. The van der Waals surface area contributed by atoms with Gasteiger partial charge in [0.15, 0.2) is 0 Å². The summed E-state index contributed by atoms with van der Waals surface area (Å²) in [6.07, 6.45) is 3.69. The highest BCUT2D eigenvalue weighted by molar-refractivity contribution is 5.26. The molecule has 0 aliphatic carbocycles. The van der Waals surface area contributed by atoms with Crippen molar-refractivity contribution in [1.29, 1.82) is 5.26 Å². The fraction of sp³-hybridized carbons (Fsp3) is 0.200. The number of rotatable bonds is 0. The molecule has 1 radical (unpaired) electrons. The Morgan fingerprint density at radius 2 is 2.71 bits per heavy atom. The normalized spacial score (nSPS) is 17.3. The Kier molecular flexibility index (Phi) is 0.991. The second-order valence-electron chi connectivity index (χ2n) is 1.31. The molecule has 0 fully saturated rings. The average molecular weight is 93.1 g/mol. The molecule has 0 saturated carbocycles. The summed E-state index contributed by atoms with van der Waals surface area (Å²) in [5.41, 5.74) is 0.667. The largest absolute Gasteiger partial charge is 0.376 e.